The normalized spacial score (nSPS) is 11.3. The van der Waals surface area contributed by atoms with Gasteiger partial charge >= 0.3 is 0 Å². The summed E-state index contributed by atoms with van der Waals surface area (Å²) < 4.78 is 33.9. The van der Waals surface area contributed by atoms with E-state index < -0.39 is 22.8 Å². The molecule has 0 bridgehead atoms. The predicted octanol–water partition coefficient (Wildman–Crippen LogP) is 5.32. The minimum atomic E-state index is -0.990. The van der Waals surface area contributed by atoms with Gasteiger partial charge in [0.1, 0.15) is 17.1 Å². The van der Waals surface area contributed by atoms with E-state index in [1.54, 1.807) is 25.1 Å². The molecule has 0 unspecified atom stereocenters. The van der Waals surface area contributed by atoms with Crippen LogP contribution >= 0.6 is 11.6 Å². The van der Waals surface area contributed by atoms with E-state index in [1.807, 2.05) is 0 Å². The van der Waals surface area contributed by atoms with Crippen molar-refractivity contribution >= 4 is 28.9 Å². The number of benzene rings is 3. The lowest BCUT2D eigenvalue weighted by Gasteiger charge is -2.18. The van der Waals surface area contributed by atoms with Crippen molar-refractivity contribution in [1.29, 1.82) is 0 Å². The number of carbonyl (C=O) groups is 1. The van der Waals surface area contributed by atoms with Gasteiger partial charge in [-0.25, -0.2) is 8.78 Å². The average Bonchev–Trinajstić information content (AvgIpc) is 2.67. The van der Waals surface area contributed by atoms with E-state index in [2.05, 4.69) is 0 Å². The van der Waals surface area contributed by atoms with E-state index in [-0.39, 0.29) is 27.3 Å². The van der Waals surface area contributed by atoms with Crippen molar-refractivity contribution in [2.75, 3.05) is 0 Å². The second-order valence-corrected chi connectivity index (χ2v) is 6.72. The second kappa shape index (κ2) is 6.42. The van der Waals surface area contributed by atoms with Crippen LogP contribution in [0.3, 0.4) is 0 Å². The topological polar surface area (TPSA) is 67.5 Å². The minimum Gasteiger partial charge on any atom is -0.504 e. The number of hydrogen-bond acceptors (Lipinski definition) is 4. The maximum absolute atomic E-state index is 14.2. The van der Waals surface area contributed by atoms with Crippen LogP contribution in [0, 0.1) is 18.6 Å². The summed E-state index contributed by atoms with van der Waals surface area (Å²) in [7, 11) is 0. The van der Waals surface area contributed by atoms with Gasteiger partial charge in [0.15, 0.2) is 23.0 Å². The third-order valence-electron chi connectivity index (χ3n) is 4.59. The van der Waals surface area contributed by atoms with Crippen molar-refractivity contribution in [1.82, 2.24) is 0 Å². The van der Waals surface area contributed by atoms with E-state index >= 15 is 0 Å². The van der Waals surface area contributed by atoms with Gasteiger partial charge < -0.3 is 9.52 Å². The van der Waals surface area contributed by atoms with Gasteiger partial charge in [0.2, 0.25) is 5.43 Å². The molecule has 7 heteroatoms. The van der Waals surface area contributed by atoms with Gasteiger partial charge in [0, 0.05) is 28.1 Å². The maximum Gasteiger partial charge on any atom is 0.217 e. The molecule has 2 aromatic carbocycles. The van der Waals surface area contributed by atoms with E-state index in [1.165, 1.54) is 0 Å². The van der Waals surface area contributed by atoms with Crippen LogP contribution in [0.25, 0.3) is 33.4 Å². The largest absolute Gasteiger partial charge is 0.504 e. The first-order valence-electron chi connectivity index (χ1n) is 8.15. The number of fused-ring (bicyclic) bond motifs is 2. The Morgan fingerprint density at radius 2 is 1.82 bits per heavy atom. The number of hydrogen-bond donors (Lipinski definition) is 1. The van der Waals surface area contributed by atoms with Gasteiger partial charge in [-0.05, 0) is 36.2 Å². The van der Waals surface area contributed by atoms with Crippen LogP contribution in [0.5, 0.6) is 5.75 Å². The summed E-state index contributed by atoms with van der Waals surface area (Å²) >= 11 is 6.07. The van der Waals surface area contributed by atoms with Gasteiger partial charge in [-0.1, -0.05) is 23.7 Å². The molecule has 0 saturated heterocycles. The number of aldehydes is 1. The standard InChI is InChI=1S/C21H11ClF2O4/c1-9-4-10(8-25)2-3-11(9)18-12-5-14(23)16(26)7-17(12)28-21-13(18)6-15(24)20(27)19(21)22/h2-8,27H,1H3. The van der Waals surface area contributed by atoms with Crippen LogP contribution in [-0.2, 0) is 0 Å². The smallest absolute Gasteiger partial charge is 0.217 e. The molecule has 28 heavy (non-hydrogen) atoms. The predicted molar refractivity (Wildman–Crippen MR) is 101 cm³/mol. The zero-order chi connectivity index (χ0) is 20.2. The number of aromatic hydroxyl groups is 1. The van der Waals surface area contributed by atoms with Crippen molar-refractivity contribution in [2.45, 2.75) is 6.92 Å². The Labute approximate surface area is 161 Å². The maximum atomic E-state index is 14.2. The summed E-state index contributed by atoms with van der Waals surface area (Å²) in [5.41, 5.74) is 1.33. The number of halogens is 3. The first kappa shape index (κ1) is 18.1. The molecule has 0 radical (unpaired) electrons. The summed E-state index contributed by atoms with van der Waals surface area (Å²) in [6.45, 7) is 1.74. The van der Waals surface area contributed by atoms with Gasteiger partial charge in [0.05, 0.1) is 0 Å². The molecule has 1 N–H and O–H groups in total. The highest BCUT2D eigenvalue weighted by molar-refractivity contribution is 6.36. The molecule has 4 rings (SSSR count). The summed E-state index contributed by atoms with van der Waals surface area (Å²) in [4.78, 5) is 22.8. The van der Waals surface area contributed by atoms with E-state index in [9.17, 15) is 23.5 Å². The van der Waals surface area contributed by atoms with Crippen molar-refractivity contribution < 1.29 is 23.1 Å². The molecular weight excluding hydrogens is 390 g/mol. The fourth-order valence-electron chi connectivity index (χ4n) is 3.28. The highest BCUT2D eigenvalue weighted by Crippen LogP contribution is 2.45. The number of aryl methyl sites for hydroxylation is 1. The quantitative estimate of drug-likeness (QED) is 0.365. The Hall–Kier alpha value is -3.25. The molecular formula is C21H11ClF2O4. The fraction of sp³-hybridized carbons (Fsp3) is 0.0476. The van der Waals surface area contributed by atoms with Crippen LogP contribution < -0.4 is 5.43 Å². The Morgan fingerprint density at radius 1 is 1.07 bits per heavy atom. The monoisotopic (exact) mass is 400 g/mol. The zero-order valence-corrected chi connectivity index (χ0v) is 15.1. The van der Waals surface area contributed by atoms with Crippen LogP contribution in [-0.4, -0.2) is 11.4 Å². The molecule has 2 aromatic rings. The number of phenols is 1. The molecule has 0 spiro atoms. The average molecular weight is 401 g/mol. The van der Waals surface area contributed by atoms with Gasteiger partial charge in [-0.2, -0.15) is 0 Å². The molecule has 140 valence electrons. The molecule has 1 aliphatic carbocycles. The van der Waals surface area contributed by atoms with Gasteiger partial charge in [0.25, 0.3) is 0 Å². The number of phenolic OH excluding ortho intramolecular Hbond substituents is 1. The molecule has 0 amide bonds. The Balaban J connectivity index is 2.26. The number of rotatable bonds is 2. The summed E-state index contributed by atoms with van der Waals surface area (Å²) in [6, 6.07) is 7.84. The molecule has 0 saturated carbocycles. The van der Waals surface area contributed by atoms with Crippen molar-refractivity contribution in [3.63, 3.8) is 0 Å². The van der Waals surface area contributed by atoms with E-state index in [0.717, 1.165) is 18.2 Å². The molecule has 0 aromatic heterocycles. The van der Waals surface area contributed by atoms with Crippen LogP contribution in [0.15, 0.2) is 45.6 Å². The lowest BCUT2D eigenvalue weighted by Crippen LogP contribution is -2.07. The SMILES string of the molecule is Cc1cc(C=O)ccc1-c1c2cc(F)c(=O)cc-2oc2c(Cl)c(O)c(F)cc12. The molecule has 2 aliphatic rings. The molecule has 0 atom stereocenters. The number of carbonyl (C=O) groups excluding carboxylic acids is 1. The minimum absolute atomic E-state index is 0.0284. The lowest BCUT2D eigenvalue weighted by molar-refractivity contribution is 0.112. The third kappa shape index (κ3) is 2.65. The van der Waals surface area contributed by atoms with Crippen molar-refractivity contribution in [3.8, 4) is 28.2 Å². The highest BCUT2D eigenvalue weighted by Gasteiger charge is 2.24. The van der Waals surface area contributed by atoms with Crippen LogP contribution in [0.1, 0.15) is 15.9 Å². The zero-order valence-electron chi connectivity index (χ0n) is 14.3. The van der Waals surface area contributed by atoms with Crippen molar-refractivity contribution in [2.24, 2.45) is 0 Å². The molecule has 1 aliphatic heterocycles. The van der Waals surface area contributed by atoms with Crippen LogP contribution in [0.2, 0.25) is 5.02 Å². The first-order valence-corrected chi connectivity index (χ1v) is 8.53. The van der Waals surface area contributed by atoms with Crippen LogP contribution in [0.4, 0.5) is 8.78 Å². The first-order chi connectivity index (χ1) is 13.3. The molecule has 4 nitrogen and oxygen atoms in total. The van der Waals surface area contributed by atoms with Crippen molar-refractivity contribution in [3.05, 3.63) is 74.4 Å². The Kier molecular flexibility index (Phi) is 4.16. The second-order valence-electron chi connectivity index (χ2n) is 6.35. The summed E-state index contributed by atoms with van der Waals surface area (Å²) in [5, 5.41) is 9.66. The van der Waals surface area contributed by atoms with Gasteiger partial charge in [-0.15, -0.1) is 0 Å². The summed E-state index contributed by atoms with van der Waals surface area (Å²) in [5.74, 6) is -2.73. The van der Waals surface area contributed by atoms with E-state index in [4.69, 9.17) is 16.0 Å². The molecule has 1 heterocycles. The highest BCUT2D eigenvalue weighted by atomic mass is 35.5. The lowest BCUT2D eigenvalue weighted by atomic mass is 9.90. The Morgan fingerprint density at radius 3 is 2.50 bits per heavy atom. The third-order valence-corrected chi connectivity index (χ3v) is 4.94. The van der Waals surface area contributed by atoms with Gasteiger partial charge in [-0.3, -0.25) is 9.59 Å². The fourth-order valence-corrected chi connectivity index (χ4v) is 3.51. The summed E-state index contributed by atoms with van der Waals surface area (Å²) in [6.07, 6.45) is 0.686. The Bertz CT molecular complexity index is 1310. The van der Waals surface area contributed by atoms with E-state index in [0.29, 0.717) is 28.5 Å². The molecule has 0 fully saturated rings.